The molecule has 4 nitrogen and oxygen atoms in total. The number of nitrogens with zero attached hydrogens (tertiary/aromatic N) is 2. The topological polar surface area (TPSA) is 44.0 Å². The Labute approximate surface area is 142 Å². The third-order valence-corrected chi connectivity index (χ3v) is 4.08. The molecule has 0 amide bonds. The zero-order valence-corrected chi connectivity index (χ0v) is 13.8. The van der Waals surface area contributed by atoms with Crippen LogP contribution in [0.5, 0.6) is 0 Å². The molecule has 0 aliphatic carbocycles. The van der Waals surface area contributed by atoms with E-state index < -0.39 is 22.8 Å². The Morgan fingerprint density at radius 1 is 0.880 bits per heavy atom. The minimum atomic E-state index is -0.991. The van der Waals surface area contributed by atoms with Crippen LogP contribution in [0.4, 0.5) is 8.78 Å². The van der Waals surface area contributed by atoms with Gasteiger partial charge < -0.3 is 4.57 Å². The predicted octanol–water partition coefficient (Wildman–Crippen LogP) is 2.94. The van der Waals surface area contributed by atoms with Crippen molar-refractivity contribution in [1.29, 1.82) is 0 Å². The Morgan fingerprint density at radius 3 is 2.20 bits per heavy atom. The first-order valence-electron chi connectivity index (χ1n) is 7.71. The second-order valence-corrected chi connectivity index (χ2v) is 5.90. The standard InChI is InChI=1S/C19H16F2N2O2/c1-12-4-3-5-13(2)17(12)23-9-8-22(18(24)19(23)25)11-14-6-7-15(20)16(21)10-14/h3-10H,11H2,1-2H3. The van der Waals surface area contributed by atoms with Crippen molar-refractivity contribution in [2.75, 3.05) is 0 Å². The van der Waals surface area contributed by atoms with Crippen molar-refractivity contribution in [3.05, 3.63) is 97.8 Å². The number of rotatable bonds is 3. The Bertz CT molecular complexity index is 1050. The summed E-state index contributed by atoms with van der Waals surface area (Å²) in [4.78, 5) is 24.9. The van der Waals surface area contributed by atoms with Gasteiger partial charge in [0.1, 0.15) is 0 Å². The minimum Gasteiger partial charge on any atom is -0.305 e. The van der Waals surface area contributed by atoms with Gasteiger partial charge in [0.2, 0.25) is 0 Å². The first-order chi connectivity index (χ1) is 11.9. The van der Waals surface area contributed by atoms with Crippen molar-refractivity contribution in [2.24, 2.45) is 0 Å². The van der Waals surface area contributed by atoms with Crippen molar-refractivity contribution < 1.29 is 8.78 Å². The second kappa shape index (κ2) is 6.47. The Hall–Kier alpha value is -3.02. The van der Waals surface area contributed by atoms with Gasteiger partial charge in [-0.2, -0.15) is 0 Å². The summed E-state index contributed by atoms with van der Waals surface area (Å²) in [7, 11) is 0. The molecule has 0 fully saturated rings. The fraction of sp³-hybridized carbons (Fsp3) is 0.158. The summed E-state index contributed by atoms with van der Waals surface area (Å²) in [6.07, 6.45) is 2.98. The third kappa shape index (κ3) is 3.15. The normalized spacial score (nSPS) is 10.9. The summed E-state index contributed by atoms with van der Waals surface area (Å²) in [5, 5.41) is 0. The summed E-state index contributed by atoms with van der Waals surface area (Å²) in [5.74, 6) is -1.95. The SMILES string of the molecule is Cc1cccc(C)c1-n1ccn(Cc2ccc(F)c(F)c2)c(=O)c1=O. The van der Waals surface area contributed by atoms with E-state index in [0.29, 0.717) is 11.3 Å². The molecule has 1 heterocycles. The van der Waals surface area contributed by atoms with Crippen LogP contribution in [-0.4, -0.2) is 9.13 Å². The molecule has 3 aromatic rings. The molecule has 0 spiro atoms. The monoisotopic (exact) mass is 342 g/mol. The Balaban J connectivity index is 2.06. The lowest BCUT2D eigenvalue weighted by Gasteiger charge is -2.13. The maximum Gasteiger partial charge on any atom is 0.321 e. The number of benzene rings is 2. The molecular formula is C19H16F2N2O2. The van der Waals surface area contributed by atoms with Gasteiger partial charge >= 0.3 is 11.1 Å². The van der Waals surface area contributed by atoms with Crippen LogP contribution >= 0.6 is 0 Å². The number of aryl methyl sites for hydroxylation is 2. The van der Waals surface area contributed by atoms with Gasteiger partial charge in [0.15, 0.2) is 11.6 Å². The smallest absolute Gasteiger partial charge is 0.305 e. The zero-order chi connectivity index (χ0) is 18.1. The highest BCUT2D eigenvalue weighted by atomic mass is 19.2. The molecule has 128 valence electrons. The Morgan fingerprint density at radius 2 is 1.56 bits per heavy atom. The van der Waals surface area contributed by atoms with E-state index in [1.807, 2.05) is 32.0 Å². The van der Waals surface area contributed by atoms with Crippen LogP contribution in [0, 0.1) is 25.5 Å². The number of para-hydroxylation sites is 1. The van der Waals surface area contributed by atoms with E-state index in [1.54, 1.807) is 0 Å². The van der Waals surface area contributed by atoms with E-state index in [-0.39, 0.29) is 6.54 Å². The van der Waals surface area contributed by atoms with Gasteiger partial charge in [-0.15, -0.1) is 0 Å². The number of aromatic nitrogens is 2. The van der Waals surface area contributed by atoms with Crippen LogP contribution in [0.15, 0.2) is 58.4 Å². The van der Waals surface area contributed by atoms with Gasteiger partial charge in [-0.25, -0.2) is 8.78 Å². The van der Waals surface area contributed by atoms with Crippen LogP contribution in [0.3, 0.4) is 0 Å². The number of hydrogen-bond donors (Lipinski definition) is 0. The molecule has 0 bridgehead atoms. The quantitative estimate of drug-likeness (QED) is 0.687. The summed E-state index contributed by atoms with van der Waals surface area (Å²) in [5.41, 5.74) is 1.40. The third-order valence-electron chi connectivity index (χ3n) is 4.08. The van der Waals surface area contributed by atoms with Crippen LogP contribution in [0.25, 0.3) is 5.69 Å². The van der Waals surface area contributed by atoms with Crippen molar-refractivity contribution in [3.8, 4) is 5.69 Å². The largest absolute Gasteiger partial charge is 0.321 e. The molecular weight excluding hydrogens is 326 g/mol. The summed E-state index contributed by atoms with van der Waals surface area (Å²) in [6.45, 7) is 3.71. The van der Waals surface area contributed by atoms with Crippen LogP contribution in [0.2, 0.25) is 0 Å². The van der Waals surface area contributed by atoms with Gasteiger partial charge in [-0.3, -0.25) is 14.2 Å². The average Bonchev–Trinajstić information content (AvgIpc) is 2.57. The van der Waals surface area contributed by atoms with E-state index in [0.717, 1.165) is 23.3 Å². The van der Waals surface area contributed by atoms with Gasteiger partial charge in [0, 0.05) is 12.4 Å². The zero-order valence-electron chi connectivity index (χ0n) is 13.8. The Kier molecular flexibility index (Phi) is 4.35. The molecule has 0 saturated heterocycles. The summed E-state index contributed by atoms with van der Waals surface area (Å²) >= 11 is 0. The first kappa shape index (κ1) is 16.8. The lowest BCUT2D eigenvalue weighted by molar-refractivity contribution is 0.506. The molecule has 0 N–H and O–H groups in total. The summed E-state index contributed by atoms with van der Waals surface area (Å²) in [6, 6.07) is 8.99. The molecule has 0 aliphatic heterocycles. The fourth-order valence-electron chi connectivity index (χ4n) is 2.83. The highest BCUT2D eigenvalue weighted by Gasteiger charge is 2.11. The first-order valence-corrected chi connectivity index (χ1v) is 7.71. The summed E-state index contributed by atoms with van der Waals surface area (Å²) < 4.78 is 28.8. The molecule has 0 unspecified atom stereocenters. The van der Waals surface area contributed by atoms with Crippen molar-refractivity contribution in [2.45, 2.75) is 20.4 Å². The maximum atomic E-state index is 13.3. The predicted molar refractivity (Wildman–Crippen MR) is 91.2 cm³/mol. The van der Waals surface area contributed by atoms with Crippen molar-refractivity contribution in [1.82, 2.24) is 9.13 Å². The molecule has 0 saturated carbocycles. The average molecular weight is 342 g/mol. The molecule has 6 heteroatoms. The molecule has 1 aromatic heterocycles. The van der Waals surface area contributed by atoms with Gasteiger partial charge in [0.05, 0.1) is 12.2 Å². The lowest BCUT2D eigenvalue weighted by Crippen LogP contribution is -2.40. The molecule has 0 radical (unpaired) electrons. The highest BCUT2D eigenvalue weighted by Crippen LogP contribution is 2.16. The molecule has 3 rings (SSSR count). The fourth-order valence-corrected chi connectivity index (χ4v) is 2.83. The van der Waals surface area contributed by atoms with E-state index in [1.165, 1.54) is 27.6 Å². The van der Waals surface area contributed by atoms with Crippen LogP contribution in [0.1, 0.15) is 16.7 Å². The maximum absolute atomic E-state index is 13.3. The van der Waals surface area contributed by atoms with Gasteiger partial charge in [0.25, 0.3) is 0 Å². The number of halogens is 2. The van der Waals surface area contributed by atoms with Crippen LogP contribution < -0.4 is 11.1 Å². The van der Waals surface area contributed by atoms with Crippen molar-refractivity contribution >= 4 is 0 Å². The highest BCUT2D eigenvalue weighted by molar-refractivity contribution is 5.46. The van der Waals surface area contributed by atoms with E-state index >= 15 is 0 Å². The van der Waals surface area contributed by atoms with E-state index in [2.05, 4.69) is 0 Å². The molecule has 25 heavy (non-hydrogen) atoms. The molecule has 0 aliphatic rings. The van der Waals surface area contributed by atoms with Gasteiger partial charge in [-0.05, 0) is 42.7 Å². The second-order valence-electron chi connectivity index (χ2n) is 5.90. The van der Waals surface area contributed by atoms with Crippen molar-refractivity contribution in [3.63, 3.8) is 0 Å². The number of hydrogen-bond acceptors (Lipinski definition) is 2. The van der Waals surface area contributed by atoms with Crippen LogP contribution in [-0.2, 0) is 6.54 Å². The lowest BCUT2D eigenvalue weighted by atomic mass is 10.1. The van der Waals surface area contributed by atoms with E-state index in [9.17, 15) is 18.4 Å². The minimum absolute atomic E-state index is 0.0150. The molecule has 2 aromatic carbocycles. The van der Waals surface area contributed by atoms with E-state index in [4.69, 9.17) is 0 Å². The van der Waals surface area contributed by atoms with Gasteiger partial charge in [-0.1, -0.05) is 24.3 Å². The molecule has 0 atom stereocenters.